The minimum atomic E-state index is -1.83. The molecule has 1 amide bonds. The van der Waals surface area contributed by atoms with Crippen molar-refractivity contribution < 1.29 is 4.79 Å². The van der Waals surface area contributed by atoms with Crippen molar-refractivity contribution in [3.8, 4) is 0 Å². The van der Waals surface area contributed by atoms with Crippen LogP contribution in [0.5, 0.6) is 0 Å². The highest BCUT2D eigenvalue weighted by Crippen LogP contribution is 2.55. The standard InChI is InChI=1S/C26H31NOP/c1-3-27(4-2)26(28)21-14-22-29(23-15-8-5-9-16-23,24-17-10-6-11-18-24)25-19-12-7-13-20-25/h5-13,15-20H,3-4,14,21-22H2,1-2H3/q+1. The lowest BCUT2D eigenvalue weighted by Crippen LogP contribution is -2.34. The van der Waals surface area contributed by atoms with Gasteiger partial charge in [0.05, 0.1) is 6.16 Å². The van der Waals surface area contributed by atoms with Crippen molar-refractivity contribution in [1.29, 1.82) is 0 Å². The molecular weight excluding hydrogens is 373 g/mol. The molecule has 29 heavy (non-hydrogen) atoms. The average Bonchev–Trinajstić information content (AvgIpc) is 2.79. The number of hydrogen-bond acceptors (Lipinski definition) is 1. The number of hydrogen-bond donors (Lipinski definition) is 0. The molecule has 2 nitrogen and oxygen atoms in total. The van der Waals surface area contributed by atoms with Crippen LogP contribution < -0.4 is 15.9 Å². The van der Waals surface area contributed by atoms with Gasteiger partial charge >= 0.3 is 0 Å². The molecule has 150 valence electrons. The van der Waals surface area contributed by atoms with E-state index in [0.717, 1.165) is 25.7 Å². The smallest absolute Gasteiger partial charge is 0.222 e. The summed E-state index contributed by atoms with van der Waals surface area (Å²) in [5, 5.41) is 4.15. The Bertz CT molecular complexity index is 780. The molecule has 0 aliphatic rings. The third-order valence-corrected chi connectivity index (χ3v) is 10.1. The van der Waals surface area contributed by atoms with Crippen LogP contribution in [-0.4, -0.2) is 30.1 Å². The van der Waals surface area contributed by atoms with Gasteiger partial charge < -0.3 is 4.90 Å². The van der Waals surface area contributed by atoms with E-state index in [1.54, 1.807) is 0 Å². The quantitative estimate of drug-likeness (QED) is 0.476. The van der Waals surface area contributed by atoms with E-state index in [4.69, 9.17) is 0 Å². The van der Waals surface area contributed by atoms with Gasteiger partial charge in [-0.25, -0.2) is 0 Å². The third-order valence-electron chi connectivity index (χ3n) is 5.59. The molecule has 0 radical (unpaired) electrons. The molecule has 0 N–H and O–H groups in total. The minimum Gasteiger partial charge on any atom is -0.343 e. The van der Waals surface area contributed by atoms with E-state index in [2.05, 4.69) is 105 Å². The summed E-state index contributed by atoms with van der Waals surface area (Å²) < 4.78 is 0. The van der Waals surface area contributed by atoms with Crippen molar-refractivity contribution in [3.63, 3.8) is 0 Å². The van der Waals surface area contributed by atoms with E-state index in [0.29, 0.717) is 6.42 Å². The van der Waals surface area contributed by atoms with Gasteiger partial charge in [-0.3, -0.25) is 4.79 Å². The number of benzene rings is 3. The van der Waals surface area contributed by atoms with Gasteiger partial charge in [0.15, 0.2) is 0 Å². The van der Waals surface area contributed by atoms with E-state index in [9.17, 15) is 4.79 Å². The van der Waals surface area contributed by atoms with Gasteiger partial charge in [-0.05, 0) is 56.7 Å². The number of amides is 1. The Morgan fingerprint density at radius 2 is 1.07 bits per heavy atom. The lowest BCUT2D eigenvalue weighted by atomic mass is 10.3. The lowest BCUT2D eigenvalue weighted by Gasteiger charge is -2.28. The second-order valence-corrected chi connectivity index (χ2v) is 10.8. The fourth-order valence-corrected chi connectivity index (χ4v) is 8.43. The van der Waals surface area contributed by atoms with Crippen molar-refractivity contribution in [2.75, 3.05) is 19.3 Å². The molecule has 0 saturated carbocycles. The summed E-state index contributed by atoms with van der Waals surface area (Å²) in [5.74, 6) is 0.266. The summed E-state index contributed by atoms with van der Waals surface area (Å²) in [6.07, 6.45) is 2.50. The molecule has 0 saturated heterocycles. The Morgan fingerprint density at radius 1 is 0.690 bits per heavy atom. The van der Waals surface area contributed by atoms with Crippen LogP contribution in [0.3, 0.4) is 0 Å². The highest BCUT2D eigenvalue weighted by molar-refractivity contribution is 7.95. The second kappa shape index (κ2) is 10.4. The van der Waals surface area contributed by atoms with Gasteiger partial charge in [0.2, 0.25) is 5.91 Å². The van der Waals surface area contributed by atoms with Crippen LogP contribution in [-0.2, 0) is 4.79 Å². The molecule has 0 spiro atoms. The molecule has 0 bridgehead atoms. The van der Waals surface area contributed by atoms with Crippen molar-refractivity contribution in [1.82, 2.24) is 4.90 Å². The maximum Gasteiger partial charge on any atom is 0.222 e. The summed E-state index contributed by atoms with van der Waals surface area (Å²) >= 11 is 0. The fourth-order valence-electron chi connectivity index (χ4n) is 4.08. The Balaban J connectivity index is 2.02. The monoisotopic (exact) mass is 404 g/mol. The summed E-state index contributed by atoms with van der Waals surface area (Å²) in [4.78, 5) is 14.6. The van der Waals surface area contributed by atoms with Crippen LogP contribution in [0.25, 0.3) is 0 Å². The van der Waals surface area contributed by atoms with Gasteiger partial charge in [-0.2, -0.15) is 0 Å². The molecule has 0 aromatic heterocycles. The minimum absolute atomic E-state index is 0.266. The summed E-state index contributed by atoms with van der Waals surface area (Å²) in [7, 11) is -1.83. The van der Waals surface area contributed by atoms with Crippen molar-refractivity contribution in [2.45, 2.75) is 26.7 Å². The molecule has 3 rings (SSSR count). The lowest BCUT2D eigenvalue weighted by molar-refractivity contribution is -0.130. The molecule has 0 heterocycles. The zero-order valence-electron chi connectivity index (χ0n) is 17.5. The van der Waals surface area contributed by atoms with Gasteiger partial charge in [0.1, 0.15) is 23.2 Å². The van der Waals surface area contributed by atoms with E-state index in [1.807, 2.05) is 4.90 Å². The maximum absolute atomic E-state index is 12.6. The molecule has 0 atom stereocenters. The van der Waals surface area contributed by atoms with Gasteiger partial charge in [0.25, 0.3) is 0 Å². The van der Waals surface area contributed by atoms with E-state index in [1.165, 1.54) is 15.9 Å². The van der Waals surface area contributed by atoms with Gasteiger partial charge in [-0.1, -0.05) is 54.6 Å². The largest absolute Gasteiger partial charge is 0.343 e. The topological polar surface area (TPSA) is 20.3 Å². The highest BCUT2D eigenvalue weighted by Gasteiger charge is 2.44. The summed E-state index contributed by atoms with van der Waals surface area (Å²) in [6.45, 7) is 5.67. The number of nitrogens with zero attached hydrogens (tertiary/aromatic N) is 1. The molecule has 0 fully saturated rings. The number of rotatable bonds is 9. The molecule has 3 heteroatoms. The van der Waals surface area contributed by atoms with Gasteiger partial charge in [-0.15, -0.1) is 0 Å². The Hall–Kier alpha value is -2.44. The normalized spacial score (nSPS) is 11.2. The SMILES string of the molecule is CCN(CC)C(=O)CCC[P+](c1ccccc1)(c1ccccc1)c1ccccc1. The Kier molecular flexibility index (Phi) is 7.61. The first-order valence-corrected chi connectivity index (χ1v) is 12.5. The van der Waals surface area contributed by atoms with E-state index < -0.39 is 7.26 Å². The molecule has 0 aliphatic carbocycles. The summed E-state index contributed by atoms with van der Waals surface area (Å²) in [6, 6.07) is 32.6. The highest BCUT2D eigenvalue weighted by atomic mass is 31.2. The zero-order valence-corrected chi connectivity index (χ0v) is 18.4. The third kappa shape index (κ3) is 4.77. The van der Waals surface area contributed by atoms with Crippen LogP contribution in [0.1, 0.15) is 26.7 Å². The molecule has 0 aliphatic heterocycles. The maximum atomic E-state index is 12.6. The van der Waals surface area contributed by atoms with Crippen LogP contribution in [0.2, 0.25) is 0 Å². The molecular formula is C26H31NOP+. The number of carbonyl (C=O) groups excluding carboxylic acids is 1. The Labute approximate surface area is 175 Å². The van der Waals surface area contributed by atoms with Crippen molar-refractivity contribution >= 4 is 29.1 Å². The van der Waals surface area contributed by atoms with Crippen molar-refractivity contribution in [2.24, 2.45) is 0 Å². The van der Waals surface area contributed by atoms with E-state index >= 15 is 0 Å². The predicted molar refractivity (Wildman–Crippen MR) is 127 cm³/mol. The molecule has 0 unspecified atom stereocenters. The average molecular weight is 405 g/mol. The van der Waals surface area contributed by atoms with Crippen LogP contribution in [0.4, 0.5) is 0 Å². The van der Waals surface area contributed by atoms with Gasteiger partial charge in [0, 0.05) is 19.5 Å². The first-order chi connectivity index (χ1) is 14.2. The van der Waals surface area contributed by atoms with Crippen LogP contribution in [0.15, 0.2) is 91.0 Å². The predicted octanol–water partition coefficient (Wildman–Crippen LogP) is 4.63. The second-order valence-electron chi connectivity index (χ2n) is 7.21. The first-order valence-electron chi connectivity index (χ1n) is 10.5. The van der Waals surface area contributed by atoms with Crippen LogP contribution >= 0.6 is 7.26 Å². The number of carbonyl (C=O) groups is 1. The fraction of sp³-hybridized carbons (Fsp3) is 0.269. The van der Waals surface area contributed by atoms with Crippen molar-refractivity contribution in [3.05, 3.63) is 91.0 Å². The first kappa shape index (κ1) is 21.3. The summed E-state index contributed by atoms with van der Waals surface area (Å²) in [5.41, 5.74) is 0. The Morgan fingerprint density at radius 3 is 1.41 bits per heavy atom. The van der Waals surface area contributed by atoms with E-state index in [-0.39, 0.29) is 5.91 Å². The molecule has 3 aromatic carbocycles. The zero-order chi connectivity index (χ0) is 20.5. The molecule has 3 aromatic rings. The van der Waals surface area contributed by atoms with Crippen LogP contribution in [0, 0.1) is 0 Å².